The van der Waals surface area contributed by atoms with E-state index in [2.05, 4.69) is 4.98 Å². The number of hydrogen-bond donors (Lipinski definition) is 0. The van der Waals surface area contributed by atoms with E-state index in [1.807, 2.05) is 0 Å². The maximum atomic E-state index is 12.2. The van der Waals surface area contributed by atoms with Crippen LogP contribution >= 0.6 is 11.6 Å². The highest BCUT2D eigenvalue weighted by molar-refractivity contribution is 7.91. The van der Waals surface area contributed by atoms with Gasteiger partial charge in [-0.25, -0.2) is 13.4 Å². The molecule has 0 fully saturated rings. The van der Waals surface area contributed by atoms with Gasteiger partial charge in [0.25, 0.3) is 0 Å². The molecule has 1 aromatic carbocycles. The van der Waals surface area contributed by atoms with E-state index in [0.717, 1.165) is 0 Å². The fourth-order valence-corrected chi connectivity index (χ4v) is 3.66. The fourth-order valence-electron chi connectivity index (χ4n) is 1.92. The molecule has 0 aliphatic rings. The van der Waals surface area contributed by atoms with E-state index in [9.17, 15) is 8.42 Å². The van der Waals surface area contributed by atoms with Crippen molar-refractivity contribution < 1.29 is 17.9 Å². The van der Waals surface area contributed by atoms with Gasteiger partial charge in [-0.2, -0.15) is 0 Å². The molecule has 0 spiro atoms. The molecule has 1 heterocycles. The lowest BCUT2D eigenvalue weighted by atomic mass is 10.1. The molecule has 5 nitrogen and oxygen atoms in total. The number of benzene rings is 1. The molecule has 108 valence electrons. The molecule has 0 N–H and O–H groups in total. The van der Waals surface area contributed by atoms with Crippen molar-refractivity contribution in [3.8, 4) is 11.5 Å². The third kappa shape index (κ3) is 2.66. The summed E-state index contributed by atoms with van der Waals surface area (Å²) in [5.41, 5.74) is 0. The lowest BCUT2D eigenvalue weighted by Crippen LogP contribution is -2.10. The minimum atomic E-state index is -3.52. The van der Waals surface area contributed by atoms with E-state index < -0.39 is 9.84 Å². The van der Waals surface area contributed by atoms with Gasteiger partial charge in [-0.3, -0.25) is 0 Å². The van der Waals surface area contributed by atoms with E-state index in [0.29, 0.717) is 22.3 Å². The summed E-state index contributed by atoms with van der Waals surface area (Å²) in [5.74, 6) is 0.852. The van der Waals surface area contributed by atoms with Crippen molar-refractivity contribution in [1.29, 1.82) is 0 Å². The third-order valence-electron chi connectivity index (χ3n) is 2.87. The first-order chi connectivity index (χ1) is 9.53. The summed E-state index contributed by atoms with van der Waals surface area (Å²) in [5, 5.41) is 1.22. The molecule has 1 aromatic heterocycles. The van der Waals surface area contributed by atoms with E-state index in [1.54, 1.807) is 18.2 Å². The van der Waals surface area contributed by atoms with Gasteiger partial charge in [0.1, 0.15) is 0 Å². The second kappa shape index (κ2) is 5.85. The molecular weight excluding hydrogens is 302 g/mol. The number of aromatic nitrogens is 1. The Hall–Kier alpha value is -1.53. The van der Waals surface area contributed by atoms with E-state index in [4.69, 9.17) is 21.1 Å². The Morgan fingerprint density at radius 2 is 1.85 bits per heavy atom. The molecule has 0 saturated carbocycles. The quantitative estimate of drug-likeness (QED) is 0.792. The Morgan fingerprint density at radius 3 is 2.45 bits per heavy atom. The number of hydrogen-bond acceptors (Lipinski definition) is 5. The van der Waals surface area contributed by atoms with Crippen molar-refractivity contribution in [3.05, 3.63) is 24.4 Å². The van der Waals surface area contributed by atoms with Crippen molar-refractivity contribution in [2.75, 3.05) is 25.9 Å². The summed E-state index contributed by atoms with van der Waals surface area (Å²) in [4.78, 5) is 3.99. The summed E-state index contributed by atoms with van der Waals surface area (Å²) in [6, 6.07) is 5.05. The maximum absolute atomic E-state index is 12.2. The average molecular weight is 316 g/mol. The van der Waals surface area contributed by atoms with Crippen LogP contribution in [0.25, 0.3) is 10.8 Å². The van der Waals surface area contributed by atoms with Crippen LogP contribution < -0.4 is 9.47 Å². The van der Waals surface area contributed by atoms with E-state index in [1.165, 1.54) is 20.4 Å². The highest BCUT2D eigenvalue weighted by Gasteiger charge is 2.20. The summed E-state index contributed by atoms with van der Waals surface area (Å²) in [7, 11) is -0.504. The second-order valence-corrected chi connectivity index (χ2v) is 6.45. The zero-order chi connectivity index (χ0) is 14.8. The first-order valence-electron chi connectivity index (χ1n) is 5.83. The van der Waals surface area contributed by atoms with Gasteiger partial charge in [-0.15, -0.1) is 11.6 Å². The number of halogens is 1. The van der Waals surface area contributed by atoms with Crippen LogP contribution in [-0.2, 0) is 9.84 Å². The minimum Gasteiger partial charge on any atom is -0.493 e. The summed E-state index contributed by atoms with van der Waals surface area (Å²) in [6.45, 7) is 0. The SMILES string of the molecule is COc1cc2ccnc(S(=O)(=O)CCCl)c2cc1OC. The summed E-state index contributed by atoms with van der Waals surface area (Å²) >= 11 is 5.54. The number of nitrogens with zero attached hydrogens (tertiary/aromatic N) is 1. The number of fused-ring (bicyclic) bond motifs is 1. The molecule has 2 aromatic rings. The maximum Gasteiger partial charge on any atom is 0.197 e. The fraction of sp³-hybridized carbons (Fsp3) is 0.308. The largest absolute Gasteiger partial charge is 0.493 e. The standard InChI is InChI=1S/C13H14ClNO4S/c1-18-11-7-9-3-5-15-13(20(16,17)6-4-14)10(9)8-12(11)19-2/h3,5,7-8H,4,6H2,1-2H3. The Bertz CT molecular complexity index is 730. The number of pyridine rings is 1. The van der Waals surface area contributed by atoms with Crippen molar-refractivity contribution in [2.24, 2.45) is 0 Å². The zero-order valence-corrected chi connectivity index (χ0v) is 12.7. The number of rotatable bonds is 5. The molecule has 0 saturated heterocycles. The van der Waals surface area contributed by atoms with Crippen molar-refractivity contribution in [2.45, 2.75) is 5.03 Å². The van der Waals surface area contributed by atoms with Gasteiger partial charge in [0.15, 0.2) is 26.4 Å². The molecule has 0 aliphatic heterocycles. The predicted molar refractivity (Wildman–Crippen MR) is 77.6 cm³/mol. The molecule has 7 heteroatoms. The Labute approximate surface area is 122 Å². The molecule has 0 atom stereocenters. The molecule has 0 aliphatic carbocycles. The van der Waals surface area contributed by atoms with E-state index in [-0.39, 0.29) is 16.7 Å². The van der Waals surface area contributed by atoms with Crippen molar-refractivity contribution >= 4 is 32.2 Å². The van der Waals surface area contributed by atoms with Crippen LogP contribution in [0.3, 0.4) is 0 Å². The number of sulfone groups is 1. The molecule has 0 radical (unpaired) electrons. The van der Waals surface area contributed by atoms with Gasteiger partial charge >= 0.3 is 0 Å². The van der Waals surface area contributed by atoms with Gasteiger partial charge in [0.05, 0.1) is 20.0 Å². The van der Waals surface area contributed by atoms with Gasteiger partial charge in [-0.05, 0) is 23.6 Å². The average Bonchev–Trinajstić information content (AvgIpc) is 2.44. The summed E-state index contributed by atoms with van der Waals surface area (Å²) in [6.07, 6.45) is 1.45. The summed E-state index contributed by atoms with van der Waals surface area (Å²) < 4.78 is 34.8. The second-order valence-electron chi connectivity index (χ2n) is 4.05. The Morgan fingerprint density at radius 1 is 1.20 bits per heavy atom. The van der Waals surface area contributed by atoms with Crippen LogP contribution in [0.4, 0.5) is 0 Å². The van der Waals surface area contributed by atoms with Crippen LogP contribution in [-0.4, -0.2) is 39.3 Å². The van der Waals surface area contributed by atoms with Crippen LogP contribution in [0.15, 0.2) is 29.4 Å². The number of methoxy groups -OCH3 is 2. The first kappa shape index (κ1) is 14.9. The van der Waals surface area contributed by atoms with Crippen molar-refractivity contribution in [3.63, 3.8) is 0 Å². The van der Waals surface area contributed by atoms with Gasteiger partial charge in [0.2, 0.25) is 0 Å². The highest BCUT2D eigenvalue weighted by atomic mass is 35.5. The van der Waals surface area contributed by atoms with Gasteiger partial charge < -0.3 is 9.47 Å². The molecule has 2 rings (SSSR count). The predicted octanol–water partition coefficient (Wildman–Crippen LogP) is 2.26. The van der Waals surface area contributed by atoms with Crippen LogP contribution in [0.2, 0.25) is 0 Å². The zero-order valence-electron chi connectivity index (χ0n) is 11.1. The normalized spacial score (nSPS) is 11.6. The Balaban J connectivity index is 2.75. The minimum absolute atomic E-state index is 0.0107. The van der Waals surface area contributed by atoms with Crippen LogP contribution in [0.1, 0.15) is 0 Å². The van der Waals surface area contributed by atoms with E-state index >= 15 is 0 Å². The lowest BCUT2D eigenvalue weighted by Gasteiger charge is -2.11. The monoisotopic (exact) mass is 315 g/mol. The molecular formula is C13H14ClNO4S. The van der Waals surface area contributed by atoms with Crippen LogP contribution in [0, 0.1) is 0 Å². The van der Waals surface area contributed by atoms with Crippen molar-refractivity contribution in [1.82, 2.24) is 4.98 Å². The topological polar surface area (TPSA) is 65.5 Å². The molecule has 20 heavy (non-hydrogen) atoms. The Kier molecular flexibility index (Phi) is 4.35. The molecule has 0 unspecified atom stereocenters. The lowest BCUT2D eigenvalue weighted by molar-refractivity contribution is 0.356. The molecule has 0 amide bonds. The van der Waals surface area contributed by atoms with Gasteiger partial charge in [0, 0.05) is 17.5 Å². The smallest absolute Gasteiger partial charge is 0.197 e. The number of ether oxygens (including phenoxy) is 2. The van der Waals surface area contributed by atoms with Crippen LogP contribution in [0.5, 0.6) is 11.5 Å². The first-order valence-corrected chi connectivity index (χ1v) is 8.01. The molecule has 0 bridgehead atoms. The highest BCUT2D eigenvalue weighted by Crippen LogP contribution is 2.34. The van der Waals surface area contributed by atoms with Gasteiger partial charge in [-0.1, -0.05) is 0 Å². The third-order valence-corrected chi connectivity index (χ3v) is 4.94. The number of alkyl halides is 1.